The summed E-state index contributed by atoms with van der Waals surface area (Å²) < 4.78 is 43.5. The van der Waals surface area contributed by atoms with Crippen molar-refractivity contribution in [2.75, 3.05) is 29.9 Å². The predicted molar refractivity (Wildman–Crippen MR) is 121 cm³/mol. The zero-order valence-corrected chi connectivity index (χ0v) is 18.3. The topological polar surface area (TPSA) is 52.9 Å². The molecular formula is C24H26F3N5O. The lowest BCUT2D eigenvalue weighted by molar-refractivity contribution is -0.136. The van der Waals surface area contributed by atoms with E-state index in [1.165, 1.54) is 25.1 Å². The highest BCUT2D eigenvalue weighted by Crippen LogP contribution is 2.38. The van der Waals surface area contributed by atoms with E-state index in [1.807, 2.05) is 4.90 Å². The number of hydrogen-bond donors (Lipinski definition) is 1. The van der Waals surface area contributed by atoms with Crippen molar-refractivity contribution >= 4 is 22.9 Å². The molecule has 2 aliphatic heterocycles. The molecule has 2 atom stereocenters. The molecule has 2 unspecified atom stereocenters. The molecule has 2 saturated heterocycles. The van der Waals surface area contributed by atoms with Crippen molar-refractivity contribution in [1.82, 2.24) is 14.3 Å². The van der Waals surface area contributed by atoms with Gasteiger partial charge < -0.3 is 14.6 Å². The number of hydrogen-bond acceptors (Lipinski definition) is 4. The van der Waals surface area contributed by atoms with Crippen molar-refractivity contribution in [3.8, 4) is 0 Å². The standard InChI is InChI=1S/C24H26F3N5O/c1-16-4-2-11-32(16)18-8-12-31(15-18)17-6-7-21(20(14-17)24(25,26)27)29-23(33)19-5-3-10-30-13-9-28-22(19)30/h3,5-7,9-10,13-14,16,18H,2,4,8,11-12,15H2,1H3,(H,29,33). The van der Waals surface area contributed by atoms with Crippen LogP contribution in [0.5, 0.6) is 0 Å². The van der Waals surface area contributed by atoms with E-state index in [1.54, 1.807) is 35.0 Å². The Labute approximate surface area is 190 Å². The van der Waals surface area contributed by atoms with E-state index in [2.05, 4.69) is 22.1 Å². The lowest BCUT2D eigenvalue weighted by Crippen LogP contribution is -2.39. The van der Waals surface area contributed by atoms with Crippen molar-refractivity contribution < 1.29 is 18.0 Å². The molecule has 2 aromatic heterocycles. The number of amides is 1. The maximum atomic E-state index is 14.0. The first-order valence-electron chi connectivity index (χ1n) is 11.3. The van der Waals surface area contributed by atoms with Crippen LogP contribution in [0.2, 0.25) is 0 Å². The van der Waals surface area contributed by atoms with Crippen LogP contribution in [0.1, 0.15) is 42.1 Å². The highest BCUT2D eigenvalue weighted by Gasteiger charge is 2.37. The molecular weight excluding hydrogens is 431 g/mol. The number of pyridine rings is 1. The Morgan fingerprint density at radius 1 is 1.15 bits per heavy atom. The third kappa shape index (κ3) is 4.17. The minimum atomic E-state index is -4.60. The molecule has 33 heavy (non-hydrogen) atoms. The fraction of sp³-hybridized carbons (Fsp3) is 0.417. The summed E-state index contributed by atoms with van der Waals surface area (Å²) in [4.78, 5) is 21.4. The van der Waals surface area contributed by atoms with Gasteiger partial charge in [-0.3, -0.25) is 9.69 Å². The number of carbonyl (C=O) groups is 1. The van der Waals surface area contributed by atoms with Crippen molar-refractivity contribution in [2.24, 2.45) is 0 Å². The predicted octanol–water partition coefficient (Wildman–Crippen LogP) is 4.67. The summed E-state index contributed by atoms with van der Waals surface area (Å²) in [5.74, 6) is -0.630. The highest BCUT2D eigenvalue weighted by molar-refractivity contribution is 6.08. The van der Waals surface area contributed by atoms with E-state index >= 15 is 0 Å². The first-order chi connectivity index (χ1) is 15.8. The summed E-state index contributed by atoms with van der Waals surface area (Å²) in [5.41, 5.74) is 0.0293. The van der Waals surface area contributed by atoms with Crippen LogP contribution in [-0.4, -0.2) is 51.9 Å². The molecule has 2 fully saturated rings. The molecule has 1 aromatic carbocycles. The smallest absolute Gasteiger partial charge is 0.370 e. The second kappa shape index (κ2) is 8.37. The molecule has 9 heteroatoms. The molecule has 0 aliphatic carbocycles. The molecule has 0 spiro atoms. The van der Waals surface area contributed by atoms with Gasteiger partial charge >= 0.3 is 6.18 Å². The van der Waals surface area contributed by atoms with Gasteiger partial charge in [-0.05, 0) is 63.1 Å². The third-order valence-electron chi connectivity index (χ3n) is 6.82. The third-order valence-corrected chi connectivity index (χ3v) is 6.82. The number of likely N-dealkylation sites (tertiary alicyclic amines) is 1. The number of benzene rings is 1. The van der Waals surface area contributed by atoms with Gasteiger partial charge in [-0.15, -0.1) is 0 Å². The van der Waals surface area contributed by atoms with Gasteiger partial charge in [0, 0.05) is 49.5 Å². The molecule has 1 N–H and O–H groups in total. The summed E-state index contributed by atoms with van der Waals surface area (Å²) in [7, 11) is 0. The van der Waals surface area contributed by atoms with Gasteiger partial charge in [-0.2, -0.15) is 13.2 Å². The van der Waals surface area contributed by atoms with E-state index in [4.69, 9.17) is 0 Å². The van der Waals surface area contributed by atoms with E-state index in [0.717, 1.165) is 32.1 Å². The van der Waals surface area contributed by atoms with E-state index in [0.29, 0.717) is 23.4 Å². The van der Waals surface area contributed by atoms with Gasteiger partial charge in [0.2, 0.25) is 0 Å². The van der Waals surface area contributed by atoms with Gasteiger partial charge in [-0.1, -0.05) is 0 Å². The molecule has 5 rings (SSSR count). The van der Waals surface area contributed by atoms with Crippen LogP contribution < -0.4 is 10.2 Å². The summed E-state index contributed by atoms with van der Waals surface area (Å²) in [6.45, 7) is 4.72. The van der Waals surface area contributed by atoms with Crippen LogP contribution in [0, 0.1) is 0 Å². The Morgan fingerprint density at radius 3 is 2.76 bits per heavy atom. The Morgan fingerprint density at radius 2 is 2.00 bits per heavy atom. The number of alkyl halides is 3. The van der Waals surface area contributed by atoms with Crippen molar-refractivity contribution in [1.29, 1.82) is 0 Å². The number of aromatic nitrogens is 2. The van der Waals surface area contributed by atoms with E-state index < -0.39 is 17.6 Å². The monoisotopic (exact) mass is 457 g/mol. The zero-order valence-electron chi connectivity index (χ0n) is 18.3. The summed E-state index contributed by atoms with van der Waals surface area (Å²) >= 11 is 0. The van der Waals surface area contributed by atoms with Gasteiger partial charge in [-0.25, -0.2) is 4.98 Å². The lowest BCUT2D eigenvalue weighted by Gasteiger charge is -2.29. The van der Waals surface area contributed by atoms with Gasteiger partial charge in [0.15, 0.2) is 0 Å². The normalized spacial score (nSPS) is 21.8. The Hall–Kier alpha value is -3.07. The molecule has 0 radical (unpaired) electrons. The molecule has 0 saturated carbocycles. The Balaban J connectivity index is 1.39. The van der Waals surface area contributed by atoms with Crippen LogP contribution >= 0.6 is 0 Å². The minimum absolute atomic E-state index is 0.210. The first kappa shape index (κ1) is 21.8. The minimum Gasteiger partial charge on any atom is -0.370 e. The number of fused-ring (bicyclic) bond motifs is 1. The van der Waals surface area contributed by atoms with Crippen LogP contribution in [0.3, 0.4) is 0 Å². The number of nitrogens with zero attached hydrogens (tertiary/aromatic N) is 4. The Bertz CT molecular complexity index is 1170. The summed E-state index contributed by atoms with van der Waals surface area (Å²) in [6, 6.07) is 8.26. The number of carbonyl (C=O) groups excluding carboxylic acids is 1. The Kier molecular flexibility index (Phi) is 5.52. The molecule has 6 nitrogen and oxygen atoms in total. The van der Waals surface area contributed by atoms with E-state index in [9.17, 15) is 18.0 Å². The maximum absolute atomic E-state index is 14.0. The van der Waals surface area contributed by atoms with Gasteiger partial charge in [0.05, 0.1) is 16.8 Å². The number of halogens is 3. The first-order valence-corrected chi connectivity index (χ1v) is 11.3. The largest absolute Gasteiger partial charge is 0.418 e. The van der Waals surface area contributed by atoms with Crippen molar-refractivity contribution in [3.63, 3.8) is 0 Å². The average molecular weight is 458 g/mol. The van der Waals surface area contributed by atoms with Crippen LogP contribution in [0.25, 0.3) is 5.65 Å². The molecule has 174 valence electrons. The SMILES string of the molecule is CC1CCCN1C1CCN(c2ccc(NC(=O)c3cccn4ccnc34)c(C(F)(F)F)c2)C1. The number of imidazole rings is 1. The second-order valence-electron chi connectivity index (χ2n) is 8.88. The molecule has 4 heterocycles. The quantitative estimate of drug-likeness (QED) is 0.619. The molecule has 3 aromatic rings. The fourth-order valence-corrected chi connectivity index (χ4v) is 5.13. The zero-order chi connectivity index (χ0) is 23.2. The lowest BCUT2D eigenvalue weighted by atomic mass is 10.1. The molecule has 2 aliphatic rings. The number of anilines is 2. The second-order valence-corrected chi connectivity index (χ2v) is 8.88. The number of nitrogens with one attached hydrogen (secondary N) is 1. The average Bonchev–Trinajstić information content (AvgIpc) is 3.53. The molecule has 0 bridgehead atoms. The summed E-state index contributed by atoms with van der Waals surface area (Å²) in [5, 5.41) is 2.45. The summed E-state index contributed by atoms with van der Waals surface area (Å²) in [6.07, 6.45) is 3.63. The highest BCUT2D eigenvalue weighted by atomic mass is 19.4. The van der Waals surface area contributed by atoms with Gasteiger partial charge in [0.25, 0.3) is 5.91 Å². The number of rotatable bonds is 4. The van der Waals surface area contributed by atoms with Gasteiger partial charge in [0.1, 0.15) is 5.65 Å². The fourth-order valence-electron chi connectivity index (χ4n) is 5.13. The molecule has 1 amide bonds. The van der Waals surface area contributed by atoms with E-state index in [-0.39, 0.29) is 11.3 Å². The maximum Gasteiger partial charge on any atom is 0.418 e. The van der Waals surface area contributed by atoms with Crippen LogP contribution in [0.4, 0.5) is 24.5 Å². The van der Waals surface area contributed by atoms with Crippen LogP contribution in [-0.2, 0) is 6.18 Å². The van der Waals surface area contributed by atoms with Crippen molar-refractivity contribution in [2.45, 2.75) is 44.4 Å². The van der Waals surface area contributed by atoms with Crippen molar-refractivity contribution in [3.05, 3.63) is 60.0 Å². The van der Waals surface area contributed by atoms with Crippen LogP contribution in [0.15, 0.2) is 48.9 Å².